The van der Waals surface area contributed by atoms with Gasteiger partial charge in [-0.05, 0) is 48.6 Å². The van der Waals surface area contributed by atoms with Crippen LogP contribution in [0.15, 0.2) is 42.5 Å². The molecule has 1 nitrogen and oxygen atoms in total. The zero-order valence-electron chi connectivity index (χ0n) is 12.9. The monoisotopic (exact) mass is 269 g/mol. The Morgan fingerprint density at radius 2 is 1.75 bits per heavy atom. The van der Waals surface area contributed by atoms with Gasteiger partial charge in [-0.15, -0.1) is 0 Å². The van der Waals surface area contributed by atoms with Gasteiger partial charge >= 0.3 is 0 Å². The summed E-state index contributed by atoms with van der Waals surface area (Å²) in [6, 6.07) is 16.1. The molecule has 0 saturated heterocycles. The highest BCUT2D eigenvalue weighted by molar-refractivity contribution is 5.85. The first-order valence-corrected chi connectivity index (χ1v) is 8.05. The molecule has 0 aromatic heterocycles. The molecule has 20 heavy (non-hydrogen) atoms. The molecule has 0 heterocycles. The van der Waals surface area contributed by atoms with Crippen molar-refractivity contribution in [1.82, 2.24) is 5.32 Å². The van der Waals surface area contributed by atoms with E-state index in [1.165, 1.54) is 48.4 Å². The van der Waals surface area contributed by atoms with Gasteiger partial charge in [0.05, 0.1) is 0 Å². The van der Waals surface area contributed by atoms with Crippen molar-refractivity contribution in [3.8, 4) is 0 Å². The summed E-state index contributed by atoms with van der Waals surface area (Å²) in [4.78, 5) is 0. The number of rotatable bonds is 8. The summed E-state index contributed by atoms with van der Waals surface area (Å²) in [6.07, 6.45) is 6.30. The Morgan fingerprint density at radius 1 is 0.950 bits per heavy atom. The van der Waals surface area contributed by atoms with Crippen molar-refractivity contribution >= 4 is 10.8 Å². The highest BCUT2D eigenvalue weighted by Gasteiger charge is 2.06. The molecule has 2 aromatic rings. The average Bonchev–Trinajstić information content (AvgIpc) is 2.48. The number of hydrogen-bond acceptors (Lipinski definition) is 1. The van der Waals surface area contributed by atoms with Crippen LogP contribution in [-0.4, -0.2) is 12.6 Å². The number of benzene rings is 2. The lowest BCUT2D eigenvalue weighted by molar-refractivity contribution is 0.448. The molecule has 0 spiro atoms. The molecule has 0 radical (unpaired) electrons. The minimum Gasteiger partial charge on any atom is -0.314 e. The van der Waals surface area contributed by atoms with Gasteiger partial charge < -0.3 is 5.32 Å². The quantitative estimate of drug-likeness (QED) is 0.715. The van der Waals surface area contributed by atoms with Crippen LogP contribution in [0.1, 0.15) is 45.1 Å². The molecule has 0 saturated carbocycles. The first kappa shape index (κ1) is 15.1. The van der Waals surface area contributed by atoms with Gasteiger partial charge in [0.1, 0.15) is 0 Å². The fraction of sp³-hybridized carbons (Fsp3) is 0.474. The number of aryl methyl sites for hydroxylation is 1. The van der Waals surface area contributed by atoms with Crippen molar-refractivity contribution in [3.63, 3.8) is 0 Å². The third-order valence-corrected chi connectivity index (χ3v) is 4.01. The van der Waals surface area contributed by atoms with Crippen LogP contribution in [0, 0.1) is 0 Å². The smallest absolute Gasteiger partial charge is 0.00669 e. The number of nitrogens with one attached hydrogen (secondary N) is 1. The van der Waals surface area contributed by atoms with Crippen LogP contribution >= 0.6 is 0 Å². The van der Waals surface area contributed by atoms with E-state index in [0.717, 1.165) is 6.54 Å². The maximum Gasteiger partial charge on any atom is 0.00669 e. The van der Waals surface area contributed by atoms with E-state index < -0.39 is 0 Å². The third-order valence-electron chi connectivity index (χ3n) is 4.01. The highest BCUT2D eigenvalue weighted by Crippen LogP contribution is 2.20. The third kappa shape index (κ3) is 4.08. The van der Waals surface area contributed by atoms with Gasteiger partial charge in [0.15, 0.2) is 0 Å². The lowest BCUT2D eigenvalue weighted by Gasteiger charge is -2.17. The maximum absolute atomic E-state index is 3.61. The summed E-state index contributed by atoms with van der Waals surface area (Å²) in [6.45, 7) is 5.56. The van der Waals surface area contributed by atoms with E-state index in [4.69, 9.17) is 0 Å². The average molecular weight is 269 g/mol. The Morgan fingerprint density at radius 3 is 2.55 bits per heavy atom. The minimum atomic E-state index is 0.694. The molecular formula is C19H27N. The van der Waals surface area contributed by atoms with Crippen molar-refractivity contribution in [2.24, 2.45) is 0 Å². The summed E-state index contributed by atoms with van der Waals surface area (Å²) in [5, 5.41) is 6.39. The molecule has 1 atom stereocenters. The van der Waals surface area contributed by atoms with Gasteiger partial charge in [-0.1, -0.05) is 62.7 Å². The van der Waals surface area contributed by atoms with E-state index in [1.54, 1.807) is 0 Å². The molecule has 1 unspecified atom stereocenters. The fourth-order valence-electron chi connectivity index (χ4n) is 3.04. The molecule has 0 aliphatic heterocycles. The second-order valence-corrected chi connectivity index (χ2v) is 5.57. The predicted molar refractivity (Wildman–Crippen MR) is 89.3 cm³/mol. The van der Waals surface area contributed by atoms with E-state index in [2.05, 4.69) is 61.6 Å². The molecule has 1 heteroatoms. The van der Waals surface area contributed by atoms with E-state index >= 15 is 0 Å². The summed E-state index contributed by atoms with van der Waals surface area (Å²) in [7, 11) is 0. The van der Waals surface area contributed by atoms with Crippen LogP contribution in [0.3, 0.4) is 0 Å². The zero-order chi connectivity index (χ0) is 14.2. The molecule has 1 N–H and O–H groups in total. The van der Waals surface area contributed by atoms with Gasteiger partial charge in [-0.25, -0.2) is 0 Å². The lowest BCUT2D eigenvalue weighted by Crippen LogP contribution is -2.28. The molecule has 108 valence electrons. The van der Waals surface area contributed by atoms with Crippen molar-refractivity contribution in [2.45, 2.75) is 52.0 Å². The first-order chi connectivity index (χ1) is 9.85. The van der Waals surface area contributed by atoms with Gasteiger partial charge in [-0.3, -0.25) is 0 Å². The summed E-state index contributed by atoms with van der Waals surface area (Å²) in [5.74, 6) is 0. The van der Waals surface area contributed by atoms with Gasteiger partial charge in [0.2, 0.25) is 0 Å². The van der Waals surface area contributed by atoms with Crippen molar-refractivity contribution in [2.75, 3.05) is 6.54 Å². The summed E-state index contributed by atoms with van der Waals surface area (Å²) >= 11 is 0. The molecule has 0 bridgehead atoms. The van der Waals surface area contributed by atoms with E-state index in [0.29, 0.717) is 6.04 Å². The van der Waals surface area contributed by atoms with Crippen LogP contribution in [-0.2, 0) is 6.42 Å². The molecular weight excluding hydrogens is 242 g/mol. The second-order valence-electron chi connectivity index (χ2n) is 5.57. The van der Waals surface area contributed by atoms with Gasteiger partial charge in [0, 0.05) is 6.04 Å². The van der Waals surface area contributed by atoms with Crippen LogP contribution in [0.2, 0.25) is 0 Å². The Hall–Kier alpha value is -1.34. The van der Waals surface area contributed by atoms with E-state index in [1.807, 2.05) is 0 Å². The Bertz CT molecular complexity index is 507. The normalized spacial score (nSPS) is 12.7. The Labute approximate surface area is 123 Å². The zero-order valence-corrected chi connectivity index (χ0v) is 12.9. The molecule has 0 aliphatic rings. The first-order valence-electron chi connectivity index (χ1n) is 8.05. The van der Waals surface area contributed by atoms with Crippen molar-refractivity contribution < 1.29 is 0 Å². The maximum atomic E-state index is 3.61. The van der Waals surface area contributed by atoms with E-state index in [9.17, 15) is 0 Å². The van der Waals surface area contributed by atoms with Crippen molar-refractivity contribution in [3.05, 3.63) is 48.0 Å². The Balaban J connectivity index is 1.95. The van der Waals surface area contributed by atoms with Crippen LogP contribution in [0.25, 0.3) is 10.8 Å². The SMILES string of the molecule is CCCC(CCCc1cccc2ccccc12)NCC. The van der Waals surface area contributed by atoms with Crippen LogP contribution in [0.5, 0.6) is 0 Å². The predicted octanol–water partition coefficient (Wildman–Crippen LogP) is 4.94. The number of fused-ring (bicyclic) bond motifs is 1. The van der Waals surface area contributed by atoms with E-state index in [-0.39, 0.29) is 0 Å². The van der Waals surface area contributed by atoms with Crippen molar-refractivity contribution in [1.29, 1.82) is 0 Å². The van der Waals surface area contributed by atoms with Crippen LogP contribution < -0.4 is 5.32 Å². The molecule has 2 aromatic carbocycles. The standard InChI is InChI=1S/C19H27N/c1-3-9-18(20-4-2)14-8-13-17-12-7-11-16-10-5-6-15-19(16)17/h5-7,10-12,15,18,20H,3-4,8-9,13-14H2,1-2H3. The number of hydrogen-bond donors (Lipinski definition) is 1. The van der Waals surface area contributed by atoms with Gasteiger partial charge in [-0.2, -0.15) is 0 Å². The Kier molecular flexibility index (Phi) is 6.07. The summed E-state index contributed by atoms with van der Waals surface area (Å²) < 4.78 is 0. The molecule has 0 amide bonds. The topological polar surface area (TPSA) is 12.0 Å². The second kappa shape index (κ2) is 8.06. The largest absolute Gasteiger partial charge is 0.314 e. The molecule has 2 rings (SSSR count). The lowest BCUT2D eigenvalue weighted by atomic mass is 9.98. The molecule has 0 aliphatic carbocycles. The summed E-state index contributed by atoms with van der Waals surface area (Å²) in [5.41, 5.74) is 1.50. The van der Waals surface area contributed by atoms with Crippen LogP contribution in [0.4, 0.5) is 0 Å². The molecule has 0 fully saturated rings. The minimum absolute atomic E-state index is 0.694. The van der Waals surface area contributed by atoms with Gasteiger partial charge in [0.25, 0.3) is 0 Å². The highest BCUT2D eigenvalue weighted by atomic mass is 14.9. The fourth-order valence-corrected chi connectivity index (χ4v) is 3.04.